The topological polar surface area (TPSA) is 43.1 Å². The molecule has 0 atom stereocenters. The second-order valence-electron chi connectivity index (χ2n) is 3.10. The molecule has 0 aliphatic carbocycles. The SMILES string of the molecule is CC(=O)c1ccc(Sc2ncco2)c(Br)c1. The van der Waals surface area contributed by atoms with E-state index >= 15 is 0 Å². The van der Waals surface area contributed by atoms with Gasteiger partial charge in [0.05, 0.1) is 6.20 Å². The fourth-order valence-electron chi connectivity index (χ4n) is 1.16. The van der Waals surface area contributed by atoms with Crippen molar-refractivity contribution in [2.75, 3.05) is 0 Å². The van der Waals surface area contributed by atoms with Gasteiger partial charge < -0.3 is 4.42 Å². The average molecular weight is 298 g/mol. The van der Waals surface area contributed by atoms with Crippen molar-refractivity contribution in [3.63, 3.8) is 0 Å². The highest BCUT2D eigenvalue weighted by atomic mass is 79.9. The molecule has 0 N–H and O–H groups in total. The number of oxazole rings is 1. The number of halogens is 1. The van der Waals surface area contributed by atoms with Gasteiger partial charge in [-0.25, -0.2) is 4.98 Å². The number of aromatic nitrogens is 1. The molecule has 0 unspecified atom stereocenters. The third kappa shape index (κ3) is 2.54. The molecule has 0 fully saturated rings. The number of nitrogens with zero attached hydrogens (tertiary/aromatic N) is 1. The first-order chi connectivity index (χ1) is 7.66. The minimum atomic E-state index is 0.0494. The van der Waals surface area contributed by atoms with Gasteiger partial charge in [-0.3, -0.25) is 4.79 Å². The van der Waals surface area contributed by atoms with Crippen molar-refractivity contribution in [1.82, 2.24) is 4.98 Å². The minimum Gasteiger partial charge on any atom is -0.440 e. The number of hydrogen-bond acceptors (Lipinski definition) is 4. The van der Waals surface area contributed by atoms with Crippen LogP contribution in [0, 0.1) is 0 Å². The number of rotatable bonds is 3. The van der Waals surface area contributed by atoms with E-state index in [2.05, 4.69) is 20.9 Å². The van der Waals surface area contributed by atoms with Gasteiger partial charge >= 0.3 is 0 Å². The molecule has 0 aliphatic heterocycles. The van der Waals surface area contributed by atoms with Crippen LogP contribution in [0.2, 0.25) is 0 Å². The molecule has 0 saturated carbocycles. The molecule has 5 heteroatoms. The molecule has 2 aromatic rings. The number of benzene rings is 1. The molecule has 82 valence electrons. The molecule has 16 heavy (non-hydrogen) atoms. The zero-order valence-electron chi connectivity index (χ0n) is 8.44. The zero-order chi connectivity index (χ0) is 11.5. The Hall–Kier alpha value is -1.07. The van der Waals surface area contributed by atoms with Crippen LogP contribution >= 0.6 is 27.7 Å². The zero-order valence-corrected chi connectivity index (χ0v) is 10.8. The molecule has 0 aliphatic rings. The smallest absolute Gasteiger partial charge is 0.260 e. The number of hydrogen-bond donors (Lipinski definition) is 0. The van der Waals surface area contributed by atoms with E-state index in [0.29, 0.717) is 10.8 Å². The van der Waals surface area contributed by atoms with Gasteiger partial charge in [-0.2, -0.15) is 0 Å². The predicted octanol–water partition coefficient (Wildman–Crippen LogP) is 3.79. The summed E-state index contributed by atoms with van der Waals surface area (Å²) in [5.74, 6) is 0.0494. The van der Waals surface area contributed by atoms with E-state index in [-0.39, 0.29) is 5.78 Å². The summed E-state index contributed by atoms with van der Waals surface area (Å²) < 4.78 is 6.00. The van der Waals surface area contributed by atoms with Gasteiger partial charge in [-0.1, -0.05) is 6.07 Å². The van der Waals surface area contributed by atoms with Crippen LogP contribution in [0.4, 0.5) is 0 Å². The van der Waals surface area contributed by atoms with Crippen molar-refractivity contribution in [2.45, 2.75) is 17.0 Å². The molecule has 2 rings (SSSR count). The monoisotopic (exact) mass is 297 g/mol. The third-order valence-electron chi connectivity index (χ3n) is 1.95. The molecular formula is C11H8BrNO2S. The van der Waals surface area contributed by atoms with Crippen LogP contribution in [-0.2, 0) is 0 Å². The highest BCUT2D eigenvalue weighted by molar-refractivity contribution is 9.10. The maximum Gasteiger partial charge on any atom is 0.260 e. The minimum absolute atomic E-state index is 0.0494. The normalized spacial score (nSPS) is 10.4. The van der Waals surface area contributed by atoms with Gasteiger partial charge in [0.25, 0.3) is 5.22 Å². The Morgan fingerprint density at radius 1 is 1.50 bits per heavy atom. The first-order valence-electron chi connectivity index (χ1n) is 4.54. The van der Waals surface area contributed by atoms with Gasteiger partial charge in [-0.15, -0.1) is 0 Å². The standard InChI is InChI=1S/C11H8BrNO2S/c1-7(14)8-2-3-10(9(12)6-8)16-11-13-4-5-15-11/h2-6H,1H3. The van der Waals surface area contributed by atoms with Crippen LogP contribution < -0.4 is 0 Å². The number of carbonyl (C=O) groups is 1. The highest BCUT2D eigenvalue weighted by Crippen LogP contribution is 2.33. The lowest BCUT2D eigenvalue weighted by molar-refractivity contribution is 0.101. The largest absolute Gasteiger partial charge is 0.440 e. The fourth-order valence-corrected chi connectivity index (χ4v) is 2.48. The van der Waals surface area contributed by atoms with Crippen LogP contribution in [-0.4, -0.2) is 10.8 Å². The molecule has 0 radical (unpaired) electrons. The van der Waals surface area contributed by atoms with Crippen molar-refractivity contribution in [3.8, 4) is 0 Å². The first kappa shape index (κ1) is 11.4. The summed E-state index contributed by atoms with van der Waals surface area (Å²) >= 11 is 4.82. The van der Waals surface area contributed by atoms with Gasteiger partial charge in [-0.05, 0) is 46.7 Å². The van der Waals surface area contributed by atoms with Gasteiger partial charge in [0.1, 0.15) is 6.26 Å². The van der Waals surface area contributed by atoms with Gasteiger partial charge in [0.2, 0.25) is 0 Å². The first-order valence-corrected chi connectivity index (χ1v) is 6.15. The summed E-state index contributed by atoms with van der Waals surface area (Å²) in [5.41, 5.74) is 0.684. The molecule has 0 amide bonds. The molecule has 0 saturated heterocycles. The lowest BCUT2D eigenvalue weighted by Crippen LogP contribution is -1.91. The molecular weight excluding hydrogens is 290 g/mol. The van der Waals surface area contributed by atoms with Crippen molar-refractivity contribution in [3.05, 3.63) is 40.7 Å². The summed E-state index contributed by atoms with van der Waals surface area (Å²) in [4.78, 5) is 16.2. The van der Waals surface area contributed by atoms with Gasteiger partial charge in [0, 0.05) is 14.9 Å². The van der Waals surface area contributed by atoms with E-state index < -0.39 is 0 Å². The van der Waals surface area contributed by atoms with Crippen LogP contribution in [0.5, 0.6) is 0 Å². The number of carbonyl (C=O) groups excluding carboxylic acids is 1. The predicted molar refractivity (Wildman–Crippen MR) is 64.8 cm³/mol. The average Bonchev–Trinajstić information content (AvgIpc) is 2.73. The quantitative estimate of drug-likeness (QED) is 0.809. The molecule has 3 nitrogen and oxygen atoms in total. The maximum atomic E-state index is 11.2. The molecule has 1 heterocycles. The second kappa shape index (κ2) is 4.84. The summed E-state index contributed by atoms with van der Waals surface area (Å²) in [6.45, 7) is 1.54. The van der Waals surface area contributed by atoms with E-state index in [9.17, 15) is 4.79 Å². The van der Waals surface area contributed by atoms with Crippen LogP contribution in [0.1, 0.15) is 17.3 Å². The summed E-state index contributed by atoms with van der Waals surface area (Å²) in [6, 6.07) is 5.46. The Kier molecular flexibility index (Phi) is 3.46. The highest BCUT2D eigenvalue weighted by Gasteiger charge is 2.08. The fraction of sp³-hybridized carbons (Fsp3) is 0.0909. The van der Waals surface area contributed by atoms with Crippen molar-refractivity contribution < 1.29 is 9.21 Å². The molecule has 1 aromatic carbocycles. The lowest BCUT2D eigenvalue weighted by Gasteiger charge is -2.02. The van der Waals surface area contributed by atoms with E-state index in [1.165, 1.54) is 18.0 Å². The Morgan fingerprint density at radius 2 is 2.31 bits per heavy atom. The number of Topliss-reactive ketones (excluding diaryl/α,β-unsaturated/α-hetero) is 1. The van der Waals surface area contributed by atoms with Crippen molar-refractivity contribution >= 4 is 33.5 Å². The Balaban J connectivity index is 2.26. The van der Waals surface area contributed by atoms with Crippen LogP contribution in [0.15, 0.2) is 49.7 Å². The van der Waals surface area contributed by atoms with E-state index in [1.54, 1.807) is 25.3 Å². The second-order valence-corrected chi connectivity index (χ2v) is 4.95. The Morgan fingerprint density at radius 3 is 2.88 bits per heavy atom. The summed E-state index contributed by atoms with van der Waals surface area (Å²) in [6.07, 6.45) is 3.13. The van der Waals surface area contributed by atoms with E-state index in [0.717, 1.165) is 9.37 Å². The molecule has 0 bridgehead atoms. The summed E-state index contributed by atoms with van der Waals surface area (Å²) in [7, 11) is 0. The van der Waals surface area contributed by atoms with Crippen molar-refractivity contribution in [1.29, 1.82) is 0 Å². The lowest BCUT2D eigenvalue weighted by atomic mass is 10.2. The summed E-state index contributed by atoms with van der Waals surface area (Å²) in [5, 5.41) is 0.580. The Labute approximate surface area is 105 Å². The maximum absolute atomic E-state index is 11.2. The number of ketones is 1. The third-order valence-corrected chi connectivity index (χ3v) is 3.82. The molecule has 0 spiro atoms. The van der Waals surface area contributed by atoms with Gasteiger partial charge in [0.15, 0.2) is 5.78 Å². The van der Waals surface area contributed by atoms with Crippen LogP contribution in [0.25, 0.3) is 0 Å². The van der Waals surface area contributed by atoms with E-state index in [4.69, 9.17) is 4.42 Å². The van der Waals surface area contributed by atoms with E-state index in [1.807, 2.05) is 6.07 Å². The van der Waals surface area contributed by atoms with Crippen molar-refractivity contribution in [2.24, 2.45) is 0 Å². The Bertz CT molecular complexity index is 511. The van der Waals surface area contributed by atoms with Crippen LogP contribution in [0.3, 0.4) is 0 Å². The molecule has 1 aromatic heterocycles.